The van der Waals surface area contributed by atoms with Crippen molar-refractivity contribution in [2.75, 3.05) is 14.2 Å². The van der Waals surface area contributed by atoms with E-state index in [1.807, 2.05) is 0 Å². The molecule has 0 saturated heterocycles. The van der Waals surface area contributed by atoms with Crippen LogP contribution in [0.2, 0.25) is 0 Å². The lowest BCUT2D eigenvalue weighted by Crippen LogP contribution is -2.03. The molecule has 1 aromatic heterocycles. The Morgan fingerprint density at radius 3 is 2.44 bits per heavy atom. The SMILES string of the molecule is COc1ccc(CCc2cc(=O)c3cc(O)c(OC)cc3o2)c(O)c1. The summed E-state index contributed by atoms with van der Waals surface area (Å²) in [5.41, 5.74) is 0.830. The van der Waals surface area contributed by atoms with Gasteiger partial charge in [0.05, 0.1) is 19.6 Å². The first-order valence-corrected chi connectivity index (χ1v) is 7.71. The fourth-order valence-electron chi connectivity index (χ4n) is 2.65. The van der Waals surface area contributed by atoms with Gasteiger partial charge in [-0.2, -0.15) is 0 Å². The van der Waals surface area contributed by atoms with Gasteiger partial charge in [0.1, 0.15) is 22.8 Å². The Balaban J connectivity index is 1.89. The van der Waals surface area contributed by atoms with Crippen molar-refractivity contribution in [1.29, 1.82) is 0 Å². The van der Waals surface area contributed by atoms with Crippen molar-refractivity contribution in [3.8, 4) is 23.0 Å². The molecule has 2 aromatic carbocycles. The van der Waals surface area contributed by atoms with Crippen LogP contribution >= 0.6 is 0 Å². The molecule has 2 N–H and O–H groups in total. The monoisotopic (exact) mass is 342 g/mol. The maximum Gasteiger partial charge on any atom is 0.193 e. The highest BCUT2D eigenvalue weighted by Crippen LogP contribution is 2.30. The zero-order valence-electron chi connectivity index (χ0n) is 13.9. The van der Waals surface area contributed by atoms with Crippen LogP contribution in [0.5, 0.6) is 23.0 Å². The second-order valence-electron chi connectivity index (χ2n) is 5.59. The van der Waals surface area contributed by atoms with E-state index in [1.165, 1.54) is 32.4 Å². The average molecular weight is 342 g/mol. The number of rotatable bonds is 5. The summed E-state index contributed by atoms with van der Waals surface area (Å²) in [5, 5.41) is 20.1. The van der Waals surface area contributed by atoms with Crippen molar-refractivity contribution >= 4 is 11.0 Å². The van der Waals surface area contributed by atoms with Crippen LogP contribution in [0, 0.1) is 0 Å². The van der Waals surface area contributed by atoms with Crippen molar-refractivity contribution in [2.24, 2.45) is 0 Å². The first-order chi connectivity index (χ1) is 12.0. The van der Waals surface area contributed by atoms with E-state index in [4.69, 9.17) is 13.9 Å². The number of fused-ring (bicyclic) bond motifs is 1. The van der Waals surface area contributed by atoms with E-state index in [0.717, 1.165) is 5.56 Å². The molecule has 0 aliphatic rings. The maximum absolute atomic E-state index is 12.2. The molecule has 1 heterocycles. The summed E-state index contributed by atoms with van der Waals surface area (Å²) in [5.74, 6) is 1.32. The van der Waals surface area contributed by atoms with Crippen molar-refractivity contribution in [1.82, 2.24) is 0 Å². The fraction of sp³-hybridized carbons (Fsp3) is 0.211. The first kappa shape index (κ1) is 16.7. The predicted molar refractivity (Wildman–Crippen MR) is 92.8 cm³/mol. The van der Waals surface area contributed by atoms with Crippen LogP contribution in [-0.4, -0.2) is 24.4 Å². The third-order valence-corrected chi connectivity index (χ3v) is 4.01. The number of aromatic hydroxyl groups is 2. The van der Waals surface area contributed by atoms with Crippen molar-refractivity contribution in [2.45, 2.75) is 12.8 Å². The molecule has 0 aliphatic heterocycles. The maximum atomic E-state index is 12.2. The molecule has 0 atom stereocenters. The lowest BCUT2D eigenvalue weighted by atomic mass is 10.1. The molecule has 6 nitrogen and oxygen atoms in total. The second kappa shape index (κ2) is 6.76. The fourth-order valence-corrected chi connectivity index (χ4v) is 2.65. The first-order valence-electron chi connectivity index (χ1n) is 7.71. The summed E-state index contributed by atoms with van der Waals surface area (Å²) in [7, 11) is 2.96. The normalized spacial score (nSPS) is 10.8. The Bertz CT molecular complexity index is 974. The van der Waals surface area contributed by atoms with Gasteiger partial charge in [-0.25, -0.2) is 0 Å². The van der Waals surface area contributed by atoms with E-state index in [1.54, 1.807) is 18.2 Å². The zero-order chi connectivity index (χ0) is 18.0. The largest absolute Gasteiger partial charge is 0.508 e. The second-order valence-corrected chi connectivity index (χ2v) is 5.59. The molecule has 0 aliphatic carbocycles. The molecular weight excluding hydrogens is 324 g/mol. The van der Waals surface area contributed by atoms with Crippen LogP contribution in [0.1, 0.15) is 11.3 Å². The van der Waals surface area contributed by atoms with Crippen LogP contribution in [-0.2, 0) is 12.8 Å². The minimum absolute atomic E-state index is 0.113. The highest BCUT2D eigenvalue weighted by molar-refractivity contribution is 5.80. The third-order valence-electron chi connectivity index (χ3n) is 4.01. The van der Waals surface area contributed by atoms with E-state index >= 15 is 0 Å². The van der Waals surface area contributed by atoms with Gasteiger partial charge in [-0.15, -0.1) is 0 Å². The molecule has 0 radical (unpaired) electrons. The molecule has 0 unspecified atom stereocenters. The van der Waals surface area contributed by atoms with Crippen LogP contribution < -0.4 is 14.9 Å². The number of aryl methyl sites for hydroxylation is 2. The predicted octanol–water partition coefficient (Wildman–Crippen LogP) is 3.01. The summed E-state index contributed by atoms with van der Waals surface area (Å²) in [6, 6.07) is 9.29. The summed E-state index contributed by atoms with van der Waals surface area (Å²) >= 11 is 0. The van der Waals surface area contributed by atoms with Crippen LogP contribution in [0.15, 0.2) is 45.6 Å². The molecule has 0 bridgehead atoms. The van der Waals surface area contributed by atoms with Crippen LogP contribution in [0.4, 0.5) is 0 Å². The Morgan fingerprint density at radius 1 is 0.960 bits per heavy atom. The Kier molecular flexibility index (Phi) is 4.52. The average Bonchev–Trinajstić information content (AvgIpc) is 2.60. The number of phenolic OH excluding ortho intramolecular Hbond substituents is 2. The minimum Gasteiger partial charge on any atom is -0.508 e. The summed E-state index contributed by atoms with van der Waals surface area (Å²) in [6.07, 6.45) is 0.938. The highest BCUT2D eigenvalue weighted by atomic mass is 16.5. The van der Waals surface area contributed by atoms with Gasteiger partial charge in [-0.1, -0.05) is 6.07 Å². The lowest BCUT2D eigenvalue weighted by Gasteiger charge is -2.08. The summed E-state index contributed by atoms with van der Waals surface area (Å²) in [6.45, 7) is 0. The van der Waals surface area contributed by atoms with Gasteiger partial charge >= 0.3 is 0 Å². The van der Waals surface area contributed by atoms with E-state index in [-0.39, 0.29) is 28.1 Å². The Morgan fingerprint density at radius 2 is 1.76 bits per heavy atom. The van der Waals surface area contributed by atoms with Crippen molar-refractivity contribution < 1.29 is 24.1 Å². The van der Waals surface area contributed by atoms with E-state index in [9.17, 15) is 15.0 Å². The van der Waals surface area contributed by atoms with Gasteiger partial charge in [0.2, 0.25) is 0 Å². The topological polar surface area (TPSA) is 89.1 Å². The van der Waals surface area contributed by atoms with Crippen molar-refractivity contribution in [3.63, 3.8) is 0 Å². The van der Waals surface area contributed by atoms with E-state index in [0.29, 0.717) is 29.9 Å². The molecule has 6 heteroatoms. The van der Waals surface area contributed by atoms with Gasteiger partial charge in [0.15, 0.2) is 16.9 Å². The molecule has 3 rings (SSSR count). The summed E-state index contributed by atoms with van der Waals surface area (Å²) < 4.78 is 15.8. The number of phenols is 2. The Hall–Kier alpha value is -3.15. The smallest absolute Gasteiger partial charge is 0.193 e. The molecule has 0 fully saturated rings. The molecule has 25 heavy (non-hydrogen) atoms. The van der Waals surface area contributed by atoms with E-state index in [2.05, 4.69) is 0 Å². The molecule has 3 aromatic rings. The molecule has 130 valence electrons. The van der Waals surface area contributed by atoms with Crippen molar-refractivity contribution in [3.05, 3.63) is 57.9 Å². The quantitative estimate of drug-likeness (QED) is 0.741. The van der Waals surface area contributed by atoms with E-state index < -0.39 is 0 Å². The van der Waals surface area contributed by atoms with Gasteiger partial charge in [0, 0.05) is 24.6 Å². The van der Waals surface area contributed by atoms with Gasteiger partial charge in [-0.3, -0.25) is 4.79 Å². The standard InChI is InChI=1S/C19H18O6/c1-23-12-5-3-11(15(20)7-12)4-6-13-8-16(21)14-9-17(22)19(24-2)10-18(14)25-13/h3,5,7-10,20,22H,4,6H2,1-2H3. The minimum atomic E-state index is -0.242. The zero-order valence-corrected chi connectivity index (χ0v) is 13.9. The highest BCUT2D eigenvalue weighted by Gasteiger charge is 2.11. The van der Waals surface area contributed by atoms with Gasteiger partial charge < -0.3 is 24.1 Å². The molecule has 0 amide bonds. The number of methoxy groups -OCH3 is 2. The number of ether oxygens (including phenoxy) is 2. The molecule has 0 spiro atoms. The molecular formula is C19H18O6. The number of benzene rings is 2. The van der Waals surface area contributed by atoms with Gasteiger partial charge in [0.25, 0.3) is 0 Å². The number of hydrogen-bond acceptors (Lipinski definition) is 6. The third kappa shape index (κ3) is 3.38. The Labute approximate surface area is 143 Å². The number of hydrogen-bond donors (Lipinski definition) is 2. The van der Waals surface area contributed by atoms with Crippen LogP contribution in [0.25, 0.3) is 11.0 Å². The lowest BCUT2D eigenvalue weighted by molar-refractivity contribution is 0.373. The van der Waals surface area contributed by atoms with Gasteiger partial charge in [-0.05, 0) is 24.1 Å². The molecule has 0 saturated carbocycles. The van der Waals surface area contributed by atoms with Crippen LogP contribution in [0.3, 0.4) is 0 Å². The summed E-state index contributed by atoms with van der Waals surface area (Å²) in [4.78, 5) is 12.2.